The number of aryl methyl sites for hydroxylation is 1. The van der Waals surface area contributed by atoms with Gasteiger partial charge in [0.25, 0.3) is 0 Å². The van der Waals surface area contributed by atoms with Gasteiger partial charge in [-0.15, -0.1) is 0 Å². The van der Waals surface area contributed by atoms with Crippen molar-refractivity contribution in [3.63, 3.8) is 0 Å². The number of carbonyl (C=O) groups excluding carboxylic acids is 1. The van der Waals surface area contributed by atoms with Gasteiger partial charge in [0.2, 0.25) is 5.91 Å². The van der Waals surface area contributed by atoms with E-state index in [1.165, 1.54) is 6.92 Å². The Balaban J connectivity index is 2.09. The van der Waals surface area contributed by atoms with Crippen LogP contribution in [0.5, 0.6) is 5.75 Å². The van der Waals surface area contributed by atoms with Crippen LogP contribution in [0.15, 0.2) is 40.9 Å². The van der Waals surface area contributed by atoms with Gasteiger partial charge < -0.3 is 15.7 Å². The van der Waals surface area contributed by atoms with Gasteiger partial charge in [0, 0.05) is 24.8 Å². The number of carbonyl (C=O) groups is 1. The zero-order chi connectivity index (χ0) is 15.4. The number of phenols is 1. The molecule has 0 heterocycles. The summed E-state index contributed by atoms with van der Waals surface area (Å²) in [5, 5.41) is 15.6. The van der Waals surface area contributed by atoms with E-state index in [0.717, 1.165) is 22.5 Å². The fourth-order valence-electron chi connectivity index (χ4n) is 1.92. The second-order valence-corrected chi connectivity index (χ2v) is 5.70. The van der Waals surface area contributed by atoms with Gasteiger partial charge in [-0.1, -0.05) is 12.1 Å². The van der Waals surface area contributed by atoms with Crippen LogP contribution < -0.4 is 10.6 Å². The van der Waals surface area contributed by atoms with Crippen molar-refractivity contribution in [2.75, 3.05) is 10.6 Å². The van der Waals surface area contributed by atoms with E-state index in [1.807, 2.05) is 37.3 Å². The first kappa shape index (κ1) is 15.4. The number of anilines is 2. The van der Waals surface area contributed by atoms with E-state index in [2.05, 4.69) is 26.6 Å². The third kappa shape index (κ3) is 4.23. The highest BCUT2D eigenvalue weighted by Crippen LogP contribution is 2.25. The predicted molar refractivity (Wildman–Crippen MR) is 88.6 cm³/mol. The fourth-order valence-corrected chi connectivity index (χ4v) is 2.35. The first-order valence-electron chi connectivity index (χ1n) is 6.55. The molecule has 2 aromatic carbocycles. The van der Waals surface area contributed by atoms with E-state index in [9.17, 15) is 9.90 Å². The lowest BCUT2D eigenvalue weighted by Gasteiger charge is -2.11. The molecule has 0 unspecified atom stereocenters. The van der Waals surface area contributed by atoms with E-state index < -0.39 is 0 Å². The molecule has 0 radical (unpaired) electrons. The number of benzene rings is 2. The maximum atomic E-state index is 11.2. The van der Waals surface area contributed by atoms with Gasteiger partial charge in [0.15, 0.2) is 0 Å². The number of halogens is 1. The number of phenolic OH excluding ortho intramolecular Hbond substituents is 1. The lowest BCUT2D eigenvalue weighted by atomic mass is 10.1. The zero-order valence-electron chi connectivity index (χ0n) is 11.9. The van der Waals surface area contributed by atoms with Gasteiger partial charge in [0.05, 0.1) is 4.47 Å². The van der Waals surface area contributed by atoms with E-state index in [4.69, 9.17) is 0 Å². The molecule has 0 saturated carbocycles. The number of rotatable bonds is 4. The lowest BCUT2D eigenvalue weighted by Crippen LogP contribution is -2.08. The minimum Gasteiger partial charge on any atom is -0.507 e. The van der Waals surface area contributed by atoms with Crippen molar-refractivity contribution in [1.29, 1.82) is 0 Å². The van der Waals surface area contributed by atoms with Gasteiger partial charge in [-0.2, -0.15) is 0 Å². The van der Waals surface area contributed by atoms with Crippen molar-refractivity contribution >= 4 is 33.2 Å². The Hall–Kier alpha value is -2.01. The lowest BCUT2D eigenvalue weighted by molar-refractivity contribution is -0.114. The summed E-state index contributed by atoms with van der Waals surface area (Å²) >= 11 is 3.30. The van der Waals surface area contributed by atoms with Gasteiger partial charge in [-0.05, 0) is 58.2 Å². The summed E-state index contributed by atoms with van der Waals surface area (Å²) in [6.45, 7) is 4.07. The Morgan fingerprint density at radius 1 is 1.24 bits per heavy atom. The number of amides is 1. The summed E-state index contributed by atoms with van der Waals surface area (Å²) in [5.74, 6) is 0.139. The molecular weight excluding hydrogens is 332 g/mol. The van der Waals surface area contributed by atoms with Crippen LogP contribution >= 0.6 is 15.9 Å². The minimum absolute atomic E-state index is 0.0854. The minimum atomic E-state index is -0.0854. The number of hydrogen-bond donors (Lipinski definition) is 3. The molecule has 0 aliphatic heterocycles. The molecule has 0 bridgehead atoms. The van der Waals surface area contributed by atoms with Crippen molar-refractivity contribution in [1.82, 2.24) is 0 Å². The fraction of sp³-hybridized carbons (Fsp3) is 0.188. The first-order chi connectivity index (χ1) is 9.95. The summed E-state index contributed by atoms with van der Waals surface area (Å²) in [4.78, 5) is 11.2. The van der Waals surface area contributed by atoms with Crippen molar-refractivity contribution in [3.8, 4) is 5.75 Å². The highest BCUT2D eigenvalue weighted by molar-refractivity contribution is 9.10. The van der Waals surface area contributed by atoms with Crippen molar-refractivity contribution in [2.45, 2.75) is 20.4 Å². The average Bonchev–Trinajstić information content (AvgIpc) is 2.43. The Kier molecular flexibility index (Phi) is 4.85. The van der Waals surface area contributed by atoms with Crippen LogP contribution in [0.2, 0.25) is 0 Å². The van der Waals surface area contributed by atoms with Crippen LogP contribution in [-0.2, 0) is 11.3 Å². The molecule has 0 saturated heterocycles. The summed E-state index contributed by atoms with van der Waals surface area (Å²) in [6, 6.07) is 11.2. The number of hydrogen-bond acceptors (Lipinski definition) is 3. The van der Waals surface area contributed by atoms with E-state index >= 15 is 0 Å². The molecule has 3 N–H and O–H groups in total. The average molecular weight is 349 g/mol. The summed E-state index contributed by atoms with van der Waals surface area (Å²) in [5.41, 5.74) is 3.79. The SMILES string of the molecule is CC(=O)Nc1cc(NCc2ccc(O)c(Br)c2)ccc1C. The third-order valence-electron chi connectivity index (χ3n) is 3.06. The Bertz CT molecular complexity index is 671. The quantitative estimate of drug-likeness (QED) is 0.781. The molecule has 0 spiro atoms. The molecule has 1 amide bonds. The van der Waals surface area contributed by atoms with E-state index in [1.54, 1.807) is 6.07 Å². The Morgan fingerprint density at radius 2 is 2.00 bits per heavy atom. The van der Waals surface area contributed by atoms with Crippen molar-refractivity contribution in [2.24, 2.45) is 0 Å². The first-order valence-corrected chi connectivity index (χ1v) is 7.34. The molecule has 0 atom stereocenters. The van der Waals surface area contributed by atoms with Gasteiger partial charge in [-0.3, -0.25) is 4.79 Å². The van der Waals surface area contributed by atoms with E-state index in [-0.39, 0.29) is 11.7 Å². The maximum Gasteiger partial charge on any atom is 0.221 e. The van der Waals surface area contributed by atoms with Gasteiger partial charge >= 0.3 is 0 Å². The summed E-state index contributed by atoms with van der Waals surface area (Å²) in [6.07, 6.45) is 0. The van der Waals surface area contributed by atoms with Crippen LogP contribution in [0.3, 0.4) is 0 Å². The Morgan fingerprint density at radius 3 is 2.67 bits per heavy atom. The standard InChI is InChI=1S/C16H17BrN2O2/c1-10-3-5-13(8-15(10)19-11(2)20)18-9-12-4-6-16(21)14(17)7-12/h3-8,18,21H,9H2,1-2H3,(H,19,20). The Labute approximate surface area is 132 Å². The molecule has 0 aliphatic carbocycles. The monoisotopic (exact) mass is 348 g/mol. The van der Waals surface area contributed by atoms with Gasteiger partial charge in [0.1, 0.15) is 5.75 Å². The molecule has 0 aliphatic rings. The highest BCUT2D eigenvalue weighted by atomic mass is 79.9. The second-order valence-electron chi connectivity index (χ2n) is 4.85. The summed E-state index contributed by atoms with van der Waals surface area (Å²) in [7, 11) is 0. The normalized spacial score (nSPS) is 10.2. The number of nitrogens with one attached hydrogen (secondary N) is 2. The molecule has 110 valence electrons. The van der Waals surface area contributed by atoms with Crippen molar-refractivity contribution in [3.05, 3.63) is 52.0 Å². The third-order valence-corrected chi connectivity index (χ3v) is 3.69. The maximum absolute atomic E-state index is 11.2. The molecule has 5 heteroatoms. The molecular formula is C16H17BrN2O2. The van der Waals surface area contributed by atoms with Crippen LogP contribution in [0.25, 0.3) is 0 Å². The molecule has 21 heavy (non-hydrogen) atoms. The molecule has 0 aromatic heterocycles. The molecule has 2 rings (SSSR count). The van der Waals surface area contributed by atoms with E-state index in [0.29, 0.717) is 11.0 Å². The van der Waals surface area contributed by atoms with Crippen molar-refractivity contribution < 1.29 is 9.90 Å². The largest absolute Gasteiger partial charge is 0.507 e. The molecule has 2 aromatic rings. The molecule has 4 nitrogen and oxygen atoms in total. The van der Waals surface area contributed by atoms with Crippen LogP contribution in [0.1, 0.15) is 18.1 Å². The summed E-state index contributed by atoms with van der Waals surface area (Å²) < 4.78 is 0.671. The van der Waals surface area contributed by atoms with Crippen LogP contribution in [0, 0.1) is 6.92 Å². The predicted octanol–water partition coefficient (Wildman–Crippen LogP) is 4.03. The second kappa shape index (κ2) is 6.63. The highest BCUT2D eigenvalue weighted by Gasteiger charge is 2.03. The van der Waals surface area contributed by atoms with Gasteiger partial charge in [-0.25, -0.2) is 0 Å². The zero-order valence-corrected chi connectivity index (χ0v) is 13.5. The topological polar surface area (TPSA) is 61.4 Å². The smallest absolute Gasteiger partial charge is 0.221 e. The number of aromatic hydroxyl groups is 1. The van der Waals surface area contributed by atoms with Crippen LogP contribution in [0.4, 0.5) is 11.4 Å². The molecule has 0 fully saturated rings. The van der Waals surface area contributed by atoms with Crippen LogP contribution in [-0.4, -0.2) is 11.0 Å².